The van der Waals surface area contributed by atoms with Crippen molar-refractivity contribution in [3.8, 4) is 5.75 Å². The van der Waals surface area contributed by atoms with E-state index in [1.807, 2.05) is 0 Å². The van der Waals surface area contributed by atoms with Gasteiger partial charge in [0.2, 0.25) is 0 Å². The van der Waals surface area contributed by atoms with Crippen LogP contribution in [0.2, 0.25) is 0 Å². The van der Waals surface area contributed by atoms with Crippen molar-refractivity contribution in [1.29, 1.82) is 0 Å². The fraction of sp³-hybridized carbons (Fsp3) is 0.167. The van der Waals surface area contributed by atoms with Crippen molar-refractivity contribution in [2.75, 3.05) is 13.2 Å². The first-order valence-corrected chi connectivity index (χ1v) is 8.24. The Morgan fingerprint density at radius 1 is 1.00 bits per heavy atom. The van der Waals surface area contributed by atoms with Gasteiger partial charge in [0.05, 0.1) is 22.2 Å². The third-order valence-corrected chi connectivity index (χ3v) is 4.63. The highest BCUT2D eigenvalue weighted by atomic mass is 79.9. The number of carbonyl (C=O) groups excluding carboxylic acids is 3. The predicted octanol–water partition coefficient (Wildman–Crippen LogP) is 3.33. The summed E-state index contributed by atoms with van der Waals surface area (Å²) in [5.74, 6) is 0.0291. The number of carbonyl (C=O) groups is 3. The number of benzene rings is 2. The van der Waals surface area contributed by atoms with E-state index in [0.29, 0.717) is 39.9 Å². The summed E-state index contributed by atoms with van der Waals surface area (Å²) >= 11 is 3.32. The number of hydrogen-bond acceptors (Lipinski definition) is 4. The lowest BCUT2D eigenvalue weighted by atomic mass is 10.1. The van der Waals surface area contributed by atoms with Gasteiger partial charge in [-0.1, -0.05) is 24.3 Å². The molecule has 5 nitrogen and oxygen atoms in total. The number of nitrogens with zero attached hydrogens (tertiary/aromatic N) is 1. The standard InChI is InChI=1S/C18H14BrNO4/c19-16-12(11-21)5-3-8-15(16)24-10-4-9-20-17(22)13-6-1-2-7-14(13)18(20)23/h1-3,5-8,11H,4,9-10H2. The first kappa shape index (κ1) is 16.4. The number of imide groups is 1. The van der Waals surface area contributed by atoms with Crippen molar-refractivity contribution < 1.29 is 19.1 Å². The highest BCUT2D eigenvalue weighted by molar-refractivity contribution is 9.10. The largest absolute Gasteiger partial charge is 0.492 e. The monoisotopic (exact) mass is 387 g/mol. The van der Waals surface area contributed by atoms with Crippen molar-refractivity contribution in [3.05, 3.63) is 63.6 Å². The van der Waals surface area contributed by atoms with Gasteiger partial charge in [-0.3, -0.25) is 19.3 Å². The molecule has 1 aliphatic heterocycles. The van der Waals surface area contributed by atoms with Gasteiger partial charge in [-0.25, -0.2) is 0 Å². The van der Waals surface area contributed by atoms with Gasteiger partial charge in [0.25, 0.3) is 11.8 Å². The average molecular weight is 388 g/mol. The van der Waals surface area contributed by atoms with Crippen LogP contribution in [0, 0.1) is 0 Å². The maximum absolute atomic E-state index is 12.2. The smallest absolute Gasteiger partial charge is 0.261 e. The molecule has 0 fully saturated rings. The van der Waals surface area contributed by atoms with Gasteiger partial charge in [-0.05, 0) is 40.5 Å². The van der Waals surface area contributed by atoms with Gasteiger partial charge in [0.15, 0.2) is 6.29 Å². The molecule has 24 heavy (non-hydrogen) atoms. The number of hydrogen-bond donors (Lipinski definition) is 0. The SMILES string of the molecule is O=Cc1cccc(OCCCN2C(=O)c3ccccc3C2=O)c1Br. The molecule has 0 aliphatic carbocycles. The molecular formula is C18H14BrNO4. The van der Waals surface area contributed by atoms with E-state index in [9.17, 15) is 14.4 Å². The molecule has 122 valence electrons. The maximum Gasteiger partial charge on any atom is 0.261 e. The third-order valence-electron chi connectivity index (χ3n) is 3.78. The average Bonchev–Trinajstić information content (AvgIpc) is 2.85. The molecule has 0 radical (unpaired) electrons. The molecule has 3 rings (SSSR count). The minimum absolute atomic E-state index is 0.264. The van der Waals surface area contributed by atoms with Crippen molar-refractivity contribution >= 4 is 34.0 Å². The molecule has 0 bridgehead atoms. The molecule has 0 atom stereocenters. The Bertz CT molecular complexity index is 783. The quantitative estimate of drug-likeness (QED) is 0.433. The molecule has 0 saturated heterocycles. The van der Waals surface area contributed by atoms with Crippen LogP contribution < -0.4 is 4.74 Å². The molecule has 2 amide bonds. The van der Waals surface area contributed by atoms with Gasteiger partial charge >= 0.3 is 0 Å². The summed E-state index contributed by atoms with van der Waals surface area (Å²) in [7, 11) is 0. The summed E-state index contributed by atoms with van der Waals surface area (Å²) < 4.78 is 6.23. The van der Waals surface area contributed by atoms with E-state index in [1.165, 1.54) is 4.90 Å². The van der Waals surface area contributed by atoms with Gasteiger partial charge in [0, 0.05) is 12.1 Å². The molecule has 2 aromatic rings. The van der Waals surface area contributed by atoms with Crippen LogP contribution in [0.1, 0.15) is 37.5 Å². The fourth-order valence-electron chi connectivity index (χ4n) is 2.58. The Morgan fingerprint density at radius 2 is 1.67 bits per heavy atom. The number of aldehydes is 1. The first-order valence-electron chi connectivity index (χ1n) is 7.45. The summed E-state index contributed by atoms with van der Waals surface area (Å²) in [6.45, 7) is 0.617. The van der Waals surface area contributed by atoms with Crippen LogP contribution in [-0.4, -0.2) is 36.2 Å². The number of amides is 2. The van der Waals surface area contributed by atoms with Crippen LogP contribution in [0.25, 0.3) is 0 Å². The molecule has 6 heteroatoms. The predicted molar refractivity (Wildman–Crippen MR) is 91.5 cm³/mol. The van der Waals surface area contributed by atoms with Gasteiger partial charge in [-0.15, -0.1) is 0 Å². The molecule has 0 spiro atoms. The lowest BCUT2D eigenvalue weighted by molar-refractivity contribution is 0.0646. The van der Waals surface area contributed by atoms with E-state index in [-0.39, 0.29) is 18.4 Å². The molecule has 0 unspecified atom stereocenters. The van der Waals surface area contributed by atoms with Crippen molar-refractivity contribution in [2.24, 2.45) is 0 Å². The summed E-state index contributed by atoms with van der Waals surface area (Å²) in [6, 6.07) is 12.0. The highest BCUT2D eigenvalue weighted by Gasteiger charge is 2.34. The number of rotatable bonds is 6. The third kappa shape index (κ3) is 2.97. The summed E-state index contributed by atoms with van der Waals surface area (Å²) in [4.78, 5) is 36.6. The maximum atomic E-state index is 12.2. The molecular weight excluding hydrogens is 374 g/mol. The zero-order valence-electron chi connectivity index (χ0n) is 12.7. The van der Waals surface area contributed by atoms with Crippen LogP contribution in [0.15, 0.2) is 46.9 Å². The van der Waals surface area contributed by atoms with Crippen LogP contribution in [-0.2, 0) is 0 Å². The zero-order valence-corrected chi connectivity index (χ0v) is 14.3. The van der Waals surface area contributed by atoms with Gasteiger partial charge in [0.1, 0.15) is 5.75 Å². The van der Waals surface area contributed by atoms with Crippen LogP contribution >= 0.6 is 15.9 Å². The van der Waals surface area contributed by atoms with Gasteiger partial charge in [-0.2, -0.15) is 0 Å². The minimum Gasteiger partial charge on any atom is -0.492 e. The summed E-state index contributed by atoms with van der Waals surface area (Å²) in [5.41, 5.74) is 1.41. The molecule has 1 heterocycles. The minimum atomic E-state index is -0.264. The number of ether oxygens (including phenoxy) is 1. The Kier molecular flexibility index (Phi) is 4.76. The molecule has 0 saturated carbocycles. The van der Waals surface area contributed by atoms with Gasteiger partial charge < -0.3 is 4.74 Å². The van der Waals surface area contributed by atoms with E-state index in [4.69, 9.17) is 4.74 Å². The zero-order chi connectivity index (χ0) is 17.1. The first-order chi connectivity index (χ1) is 11.6. The van der Waals surface area contributed by atoms with Crippen LogP contribution in [0.4, 0.5) is 0 Å². The van der Waals surface area contributed by atoms with E-state index in [0.717, 1.165) is 6.29 Å². The van der Waals surface area contributed by atoms with Crippen molar-refractivity contribution in [1.82, 2.24) is 4.90 Å². The van der Waals surface area contributed by atoms with Crippen molar-refractivity contribution in [3.63, 3.8) is 0 Å². The Labute approximate surface area is 147 Å². The van der Waals surface area contributed by atoms with Crippen LogP contribution in [0.3, 0.4) is 0 Å². The molecule has 1 aliphatic rings. The lowest BCUT2D eigenvalue weighted by Gasteiger charge is -2.14. The normalized spacial score (nSPS) is 13.1. The van der Waals surface area contributed by atoms with E-state index in [2.05, 4.69) is 15.9 Å². The van der Waals surface area contributed by atoms with E-state index in [1.54, 1.807) is 42.5 Å². The Balaban J connectivity index is 1.58. The second-order valence-electron chi connectivity index (χ2n) is 5.29. The summed E-state index contributed by atoms with van der Waals surface area (Å²) in [6.07, 6.45) is 1.25. The van der Waals surface area contributed by atoms with Crippen molar-refractivity contribution in [2.45, 2.75) is 6.42 Å². The molecule has 2 aromatic carbocycles. The number of halogens is 1. The topological polar surface area (TPSA) is 63.7 Å². The lowest BCUT2D eigenvalue weighted by Crippen LogP contribution is -2.31. The van der Waals surface area contributed by atoms with Crippen LogP contribution in [0.5, 0.6) is 5.75 Å². The number of fused-ring (bicyclic) bond motifs is 1. The summed E-state index contributed by atoms with van der Waals surface area (Å²) in [5, 5.41) is 0. The fourth-order valence-corrected chi connectivity index (χ4v) is 3.05. The van der Waals surface area contributed by atoms with E-state index < -0.39 is 0 Å². The highest BCUT2D eigenvalue weighted by Crippen LogP contribution is 2.28. The Morgan fingerprint density at radius 3 is 2.29 bits per heavy atom. The molecule has 0 aromatic heterocycles. The molecule has 0 N–H and O–H groups in total. The second-order valence-corrected chi connectivity index (χ2v) is 6.08. The van der Waals surface area contributed by atoms with E-state index >= 15 is 0 Å². The second kappa shape index (κ2) is 6.97. The Hall–Kier alpha value is -2.47.